The second-order valence-corrected chi connectivity index (χ2v) is 2.14. The molecule has 0 saturated carbocycles. The summed E-state index contributed by atoms with van der Waals surface area (Å²) in [6.45, 7) is 1.45. The fraction of sp³-hybridized carbons (Fsp3) is 0.500. The standard InChI is InChI=1S/C6H8O4/c1-3-4(7)2-5(8)10-6(3)9/h5,7-8H,2H2,1H3. The second kappa shape index (κ2) is 2.30. The maximum atomic E-state index is 10.6. The molecule has 0 aromatic carbocycles. The molecule has 4 nitrogen and oxygen atoms in total. The van der Waals surface area contributed by atoms with Crippen molar-refractivity contribution in [2.75, 3.05) is 0 Å². The number of ether oxygens (including phenoxy) is 1. The number of hydrogen-bond acceptors (Lipinski definition) is 4. The Kier molecular flexibility index (Phi) is 1.63. The molecule has 0 amide bonds. The Morgan fingerprint density at radius 1 is 1.70 bits per heavy atom. The highest BCUT2D eigenvalue weighted by molar-refractivity contribution is 5.89. The molecule has 4 heteroatoms. The number of cyclic esters (lactones) is 1. The Labute approximate surface area is 57.7 Å². The molecule has 1 aliphatic heterocycles. The van der Waals surface area contributed by atoms with Crippen LogP contribution in [0.1, 0.15) is 13.3 Å². The normalized spacial score (nSPS) is 26.6. The van der Waals surface area contributed by atoms with Crippen LogP contribution in [-0.2, 0) is 9.53 Å². The maximum Gasteiger partial charge on any atom is 0.339 e. The molecule has 1 rings (SSSR count). The van der Waals surface area contributed by atoms with Crippen molar-refractivity contribution in [2.45, 2.75) is 19.6 Å². The molecule has 0 aromatic heterocycles. The molecule has 2 N–H and O–H groups in total. The van der Waals surface area contributed by atoms with E-state index in [0.717, 1.165) is 0 Å². The van der Waals surface area contributed by atoms with Crippen LogP contribution < -0.4 is 0 Å². The van der Waals surface area contributed by atoms with Crippen molar-refractivity contribution in [3.63, 3.8) is 0 Å². The van der Waals surface area contributed by atoms with E-state index in [1.807, 2.05) is 0 Å². The molecular formula is C6H8O4. The molecule has 1 aliphatic rings. The van der Waals surface area contributed by atoms with Crippen LogP contribution in [0.5, 0.6) is 0 Å². The van der Waals surface area contributed by atoms with E-state index in [9.17, 15) is 4.79 Å². The monoisotopic (exact) mass is 144 g/mol. The third kappa shape index (κ3) is 1.11. The zero-order valence-electron chi connectivity index (χ0n) is 5.50. The largest absolute Gasteiger partial charge is 0.512 e. The topological polar surface area (TPSA) is 66.8 Å². The fourth-order valence-electron chi connectivity index (χ4n) is 0.690. The number of carbonyl (C=O) groups is 1. The van der Waals surface area contributed by atoms with Crippen LogP contribution in [0.4, 0.5) is 0 Å². The zero-order chi connectivity index (χ0) is 7.72. The minimum absolute atomic E-state index is 0.00241. The van der Waals surface area contributed by atoms with E-state index >= 15 is 0 Å². The van der Waals surface area contributed by atoms with Gasteiger partial charge < -0.3 is 14.9 Å². The lowest BCUT2D eigenvalue weighted by Gasteiger charge is -2.17. The summed E-state index contributed by atoms with van der Waals surface area (Å²) >= 11 is 0. The van der Waals surface area contributed by atoms with Crippen LogP contribution in [-0.4, -0.2) is 22.5 Å². The Morgan fingerprint density at radius 2 is 2.30 bits per heavy atom. The van der Waals surface area contributed by atoms with Gasteiger partial charge in [0.2, 0.25) is 6.29 Å². The summed E-state index contributed by atoms with van der Waals surface area (Å²) in [5.74, 6) is -0.750. The van der Waals surface area contributed by atoms with E-state index in [0.29, 0.717) is 0 Å². The van der Waals surface area contributed by atoms with Gasteiger partial charge in [0, 0.05) is 0 Å². The van der Waals surface area contributed by atoms with Gasteiger partial charge in [0.15, 0.2) is 0 Å². The summed E-state index contributed by atoms with van der Waals surface area (Å²) < 4.78 is 4.37. The lowest BCUT2D eigenvalue weighted by Crippen LogP contribution is -2.25. The van der Waals surface area contributed by atoms with Crippen LogP contribution >= 0.6 is 0 Å². The van der Waals surface area contributed by atoms with E-state index in [4.69, 9.17) is 10.2 Å². The lowest BCUT2D eigenvalue weighted by atomic mass is 10.2. The van der Waals surface area contributed by atoms with Gasteiger partial charge in [0.1, 0.15) is 5.76 Å². The van der Waals surface area contributed by atoms with Crippen LogP contribution in [0, 0.1) is 0 Å². The molecule has 10 heavy (non-hydrogen) atoms. The lowest BCUT2D eigenvalue weighted by molar-refractivity contribution is -0.166. The number of aliphatic hydroxyl groups is 2. The van der Waals surface area contributed by atoms with Crippen molar-refractivity contribution in [3.8, 4) is 0 Å². The summed E-state index contributed by atoms with van der Waals surface area (Å²) in [6, 6.07) is 0. The number of hydrogen-bond donors (Lipinski definition) is 2. The van der Waals surface area contributed by atoms with Gasteiger partial charge >= 0.3 is 5.97 Å². The van der Waals surface area contributed by atoms with Gasteiger partial charge in [-0.15, -0.1) is 0 Å². The highest BCUT2D eigenvalue weighted by atomic mass is 16.6. The molecule has 0 saturated heterocycles. The fourth-order valence-corrected chi connectivity index (χ4v) is 0.690. The van der Waals surface area contributed by atoms with Crippen molar-refractivity contribution in [1.29, 1.82) is 0 Å². The molecule has 1 heterocycles. The van der Waals surface area contributed by atoms with E-state index in [-0.39, 0.29) is 17.8 Å². The van der Waals surface area contributed by atoms with E-state index < -0.39 is 12.3 Å². The van der Waals surface area contributed by atoms with Crippen molar-refractivity contribution < 1.29 is 19.7 Å². The number of aliphatic hydroxyl groups excluding tert-OH is 2. The number of carbonyl (C=O) groups excluding carboxylic acids is 1. The average molecular weight is 144 g/mol. The molecule has 0 bridgehead atoms. The van der Waals surface area contributed by atoms with Gasteiger partial charge in [0.25, 0.3) is 0 Å². The van der Waals surface area contributed by atoms with Gasteiger partial charge in [-0.1, -0.05) is 0 Å². The van der Waals surface area contributed by atoms with E-state index in [1.54, 1.807) is 0 Å². The molecule has 1 atom stereocenters. The number of rotatable bonds is 0. The molecule has 0 radical (unpaired) electrons. The summed E-state index contributed by atoms with van der Waals surface area (Å²) in [5, 5.41) is 17.7. The molecule has 0 fully saturated rings. The smallest absolute Gasteiger partial charge is 0.339 e. The van der Waals surface area contributed by atoms with Crippen LogP contribution in [0.25, 0.3) is 0 Å². The highest BCUT2D eigenvalue weighted by Gasteiger charge is 2.23. The summed E-state index contributed by atoms with van der Waals surface area (Å²) in [4.78, 5) is 10.6. The molecule has 0 aromatic rings. The van der Waals surface area contributed by atoms with Gasteiger partial charge in [-0.3, -0.25) is 0 Å². The first-order chi connectivity index (χ1) is 4.61. The third-order valence-electron chi connectivity index (χ3n) is 1.35. The maximum absolute atomic E-state index is 10.6. The first-order valence-corrected chi connectivity index (χ1v) is 2.89. The Hall–Kier alpha value is -1.03. The van der Waals surface area contributed by atoms with Gasteiger partial charge in [0.05, 0.1) is 12.0 Å². The molecule has 0 spiro atoms. The minimum atomic E-state index is -1.18. The molecule has 56 valence electrons. The average Bonchev–Trinajstić information content (AvgIpc) is 1.82. The van der Waals surface area contributed by atoms with Crippen LogP contribution in [0.2, 0.25) is 0 Å². The van der Waals surface area contributed by atoms with Crippen molar-refractivity contribution in [1.82, 2.24) is 0 Å². The van der Waals surface area contributed by atoms with Gasteiger partial charge in [-0.2, -0.15) is 0 Å². The second-order valence-electron chi connectivity index (χ2n) is 2.14. The van der Waals surface area contributed by atoms with Crippen molar-refractivity contribution >= 4 is 5.97 Å². The highest BCUT2D eigenvalue weighted by Crippen LogP contribution is 2.16. The van der Waals surface area contributed by atoms with Crippen molar-refractivity contribution in [3.05, 3.63) is 11.3 Å². The van der Waals surface area contributed by atoms with Crippen molar-refractivity contribution in [2.24, 2.45) is 0 Å². The summed E-state index contributed by atoms with van der Waals surface area (Å²) in [5.41, 5.74) is 0.172. The quantitative estimate of drug-likeness (QED) is 0.472. The SMILES string of the molecule is CC1=C(O)CC(O)OC1=O. The molecule has 1 unspecified atom stereocenters. The third-order valence-corrected chi connectivity index (χ3v) is 1.35. The summed E-state index contributed by atoms with van der Waals surface area (Å²) in [6.07, 6.45) is -1.19. The van der Waals surface area contributed by atoms with Crippen LogP contribution in [0.15, 0.2) is 11.3 Å². The zero-order valence-corrected chi connectivity index (χ0v) is 5.50. The number of esters is 1. The Bertz CT molecular complexity index is 194. The first-order valence-electron chi connectivity index (χ1n) is 2.89. The van der Waals surface area contributed by atoms with E-state index in [2.05, 4.69) is 4.74 Å². The minimum Gasteiger partial charge on any atom is -0.512 e. The van der Waals surface area contributed by atoms with Gasteiger partial charge in [-0.25, -0.2) is 4.79 Å². The van der Waals surface area contributed by atoms with Crippen LogP contribution in [0.3, 0.4) is 0 Å². The van der Waals surface area contributed by atoms with Gasteiger partial charge in [-0.05, 0) is 6.92 Å². The predicted molar refractivity (Wildman–Crippen MR) is 32.0 cm³/mol. The Balaban J connectivity index is 2.85. The molecular weight excluding hydrogens is 136 g/mol. The first kappa shape index (κ1) is 7.08. The Morgan fingerprint density at radius 3 is 2.80 bits per heavy atom. The molecule has 0 aliphatic carbocycles. The predicted octanol–water partition coefficient (Wildman–Crippen LogP) is 0.0837. The summed E-state index contributed by atoms with van der Waals surface area (Å²) in [7, 11) is 0. The van der Waals surface area contributed by atoms with E-state index in [1.165, 1.54) is 6.92 Å².